The smallest absolute Gasteiger partial charge is 0.305 e. The molecule has 0 saturated heterocycles. The summed E-state index contributed by atoms with van der Waals surface area (Å²) in [5.41, 5.74) is 3.69. The van der Waals surface area contributed by atoms with Crippen LogP contribution in [0.3, 0.4) is 0 Å². The van der Waals surface area contributed by atoms with Gasteiger partial charge in [-0.3, -0.25) is 4.79 Å². The second-order valence-corrected chi connectivity index (χ2v) is 12.5. The lowest BCUT2D eigenvalue weighted by Gasteiger charge is -2.56. The van der Waals surface area contributed by atoms with Gasteiger partial charge in [-0.25, -0.2) is 9.37 Å². The molecule has 186 valence electrons. The predicted molar refractivity (Wildman–Crippen MR) is 138 cm³/mol. The third-order valence-corrected chi connectivity index (χ3v) is 10.9. The lowest BCUT2D eigenvalue weighted by Crippen LogP contribution is -2.50. The van der Waals surface area contributed by atoms with Gasteiger partial charge in [0, 0.05) is 17.5 Å². The van der Waals surface area contributed by atoms with E-state index in [4.69, 9.17) is 9.72 Å². The van der Waals surface area contributed by atoms with Gasteiger partial charge in [0.25, 0.3) is 0 Å². The number of anilines is 2. The minimum atomic E-state index is -0.243. The Bertz CT molecular complexity index is 1190. The number of thiazole rings is 1. The van der Waals surface area contributed by atoms with Crippen LogP contribution in [0.25, 0.3) is 5.57 Å². The van der Waals surface area contributed by atoms with E-state index >= 15 is 0 Å². The number of rotatable bonds is 4. The van der Waals surface area contributed by atoms with Crippen LogP contribution in [0.1, 0.15) is 76.3 Å². The van der Waals surface area contributed by atoms with Gasteiger partial charge in [-0.1, -0.05) is 44.3 Å². The number of ether oxygens (including phenoxy) is 1. The summed E-state index contributed by atoms with van der Waals surface area (Å²) in [7, 11) is 0. The van der Waals surface area contributed by atoms with E-state index in [0.29, 0.717) is 24.2 Å². The standard InChI is InChI=1S/C29H35FN2O2S/c1-4-25(33)34-24-11-10-20-19-8-9-22-26-23(13-15-28(22,2)21(19)12-14-29(20,24)3)32-27(35-26)31-18-7-5-6-17(30)16-18/h5-7,9,16,19-21,24H,4,8,10-15H2,1-3H3,(H,31,32)/t19-,20-,21-,24-,28+,29-/m0/s1. The van der Waals surface area contributed by atoms with Gasteiger partial charge in [0.15, 0.2) is 5.13 Å². The van der Waals surface area contributed by atoms with E-state index in [-0.39, 0.29) is 28.7 Å². The molecule has 1 heterocycles. The van der Waals surface area contributed by atoms with Crippen molar-refractivity contribution in [3.8, 4) is 0 Å². The molecule has 1 aromatic carbocycles. The highest BCUT2D eigenvalue weighted by Gasteiger charge is 2.60. The molecular weight excluding hydrogens is 459 g/mol. The molecule has 0 bridgehead atoms. The maximum absolute atomic E-state index is 13.7. The Hall–Kier alpha value is -2.21. The first-order valence-electron chi connectivity index (χ1n) is 13.2. The summed E-state index contributed by atoms with van der Waals surface area (Å²) in [6.07, 6.45) is 10.8. The summed E-state index contributed by atoms with van der Waals surface area (Å²) in [5.74, 6) is 1.65. The van der Waals surface area contributed by atoms with Gasteiger partial charge >= 0.3 is 5.97 Å². The average molecular weight is 495 g/mol. The Morgan fingerprint density at radius 2 is 2.09 bits per heavy atom. The van der Waals surface area contributed by atoms with Gasteiger partial charge in [-0.05, 0) is 91.9 Å². The van der Waals surface area contributed by atoms with E-state index < -0.39 is 0 Å². The van der Waals surface area contributed by atoms with Gasteiger partial charge in [-0.2, -0.15) is 0 Å². The molecule has 4 aliphatic rings. The van der Waals surface area contributed by atoms with Crippen molar-refractivity contribution in [3.63, 3.8) is 0 Å². The van der Waals surface area contributed by atoms with Crippen molar-refractivity contribution in [2.45, 2.75) is 78.2 Å². The third-order valence-electron chi connectivity index (χ3n) is 9.84. The molecule has 2 fully saturated rings. The first kappa shape index (κ1) is 23.2. The summed E-state index contributed by atoms with van der Waals surface area (Å²) in [6, 6.07) is 6.58. The molecule has 0 unspecified atom stereocenters. The second kappa shape index (κ2) is 8.43. The van der Waals surface area contributed by atoms with Crippen LogP contribution in [0.5, 0.6) is 0 Å². The van der Waals surface area contributed by atoms with Gasteiger partial charge in [0.1, 0.15) is 11.9 Å². The maximum Gasteiger partial charge on any atom is 0.305 e. The fraction of sp³-hybridized carbons (Fsp3) is 0.586. The highest BCUT2D eigenvalue weighted by atomic mass is 32.1. The Balaban J connectivity index is 1.27. The fourth-order valence-electron chi connectivity index (χ4n) is 8.01. The van der Waals surface area contributed by atoms with Gasteiger partial charge in [0.2, 0.25) is 0 Å². The molecule has 4 aliphatic carbocycles. The number of nitrogens with zero attached hydrogens (tertiary/aromatic N) is 1. The molecule has 2 aromatic rings. The largest absolute Gasteiger partial charge is 0.462 e. The number of benzene rings is 1. The zero-order chi connectivity index (χ0) is 24.4. The number of halogens is 1. The minimum absolute atomic E-state index is 0.0514. The van der Waals surface area contributed by atoms with Gasteiger partial charge in [0.05, 0.1) is 10.6 Å². The van der Waals surface area contributed by atoms with Crippen molar-refractivity contribution in [1.29, 1.82) is 0 Å². The van der Waals surface area contributed by atoms with E-state index in [1.807, 2.05) is 13.0 Å². The predicted octanol–water partition coefficient (Wildman–Crippen LogP) is 7.53. The van der Waals surface area contributed by atoms with Crippen LogP contribution < -0.4 is 5.32 Å². The number of aryl methyl sites for hydroxylation is 1. The van der Waals surface area contributed by atoms with Crippen molar-refractivity contribution in [2.24, 2.45) is 28.6 Å². The Morgan fingerprint density at radius 1 is 1.23 bits per heavy atom. The van der Waals surface area contributed by atoms with Crippen LogP contribution in [-0.4, -0.2) is 17.1 Å². The van der Waals surface area contributed by atoms with Crippen molar-refractivity contribution in [3.05, 3.63) is 46.7 Å². The van der Waals surface area contributed by atoms with E-state index in [1.54, 1.807) is 17.4 Å². The molecular formula is C29H35FN2O2S. The van der Waals surface area contributed by atoms with E-state index in [0.717, 1.165) is 42.9 Å². The van der Waals surface area contributed by atoms with Gasteiger partial charge < -0.3 is 10.1 Å². The molecule has 35 heavy (non-hydrogen) atoms. The molecule has 6 rings (SSSR count). The zero-order valence-corrected chi connectivity index (χ0v) is 21.7. The van der Waals surface area contributed by atoms with Crippen LogP contribution in [-0.2, 0) is 16.0 Å². The van der Waals surface area contributed by atoms with Crippen LogP contribution >= 0.6 is 11.3 Å². The number of fused-ring (bicyclic) bond motifs is 7. The average Bonchev–Trinajstić information content (AvgIpc) is 3.39. The van der Waals surface area contributed by atoms with Crippen molar-refractivity contribution < 1.29 is 13.9 Å². The molecule has 0 aliphatic heterocycles. The topological polar surface area (TPSA) is 51.2 Å². The highest BCUT2D eigenvalue weighted by molar-refractivity contribution is 7.16. The number of carbonyl (C=O) groups is 1. The molecule has 0 radical (unpaired) electrons. The second-order valence-electron chi connectivity index (χ2n) is 11.5. The fourth-order valence-corrected chi connectivity index (χ4v) is 9.22. The number of hydrogen-bond donors (Lipinski definition) is 1. The lowest BCUT2D eigenvalue weighted by molar-refractivity contribution is -0.158. The van der Waals surface area contributed by atoms with Gasteiger partial charge in [-0.15, -0.1) is 0 Å². The molecule has 2 saturated carbocycles. The van der Waals surface area contributed by atoms with Crippen LogP contribution in [0.2, 0.25) is 0 Å². The summed E-state index contributed by atoms with van der Waals surface area (Å²) in [5, 5.41) is 4.17. The highest BCUT2D eigenvalue weighted by Crippen LogP contribution is 2.66. The van der Waals surface area contributed by atoms with E-state index in [2.05, 4.69) is 25.2 Å². The number of allylic oxidation sites excluding steroid dienone is 2. The molecule has 4 nitrogen and oxygen atoms in total. The van der Waals surface area contributed by atoms with E-state index in [9.17, 15) is 9.18 Å². The maximum atomic E-state index is 13.7. The lowest BCUT2D eigenvalue weighted by atomic mass is 9.48. The molecule has 1 aromatic heterocycles. The molecule has 0 spiro atoms. The molecule has 6 heteroatoms. The SMILES string of the molecule is CCC(=O)O[C@H]1CC[C@H]2[C@@H]3CC=C4c5sc(Nc6cccc(F)c6)nc5CC[C@]4(C)[C@H]3CC[C@]12C. The first-order chi connectivity index (χ1) is 16.8. The molecule has 1 N–H and O–H groups in total. The monoisotopic (exact) mass is 494 g/mol. The Kier molecular flexibility index (Phi) is 5.59. The first-order valence-corrected chi connectivity index (χ1v) is 14.1. The zero-order valence-electron chi connectivity index (χ0n) is 20.9. The summed E-state index contributed by atoms with van der Waals surface area (Å²) < 4.78 is 19.6. The number of carbonyl (C=O) groups excluding carboxylic acids is 1. The molecule has 6 atom stereocenters. The van der Waals surface area contributed by atoms with E-state index in [1.165, 1.54) is 41.1 Å². The number of aromatic nitrogens is 1. The third kappa shape index (κ3) is 3.66. The van der Waals surface area contributed by atoms with Crippen LogP contribution in [0.15, 0.2) is 30.3 Å². The van der Waals surface area contributed by atoms with Crippen molar-refractivity contribution in [1.82, 2.24) is 4.98 Å². The Morgan fingerprint density at radius 3 is 2.89 bits per heavy atom. The minimum Gasteiger partial charge on any atom is -0.462 e. The van der Waals surface area contributed by atoms with Crippen molar-refractivity contribution >= 4 is 33.7 Å². The normalized spacial score (nSPS) is 35.3. The summed E-state index contributed by atoms with van der Waals surface area (Å²) in [6.45, 7) is 6.77. The number of esters is 1. The van der Waals surface area contributed by atoms with Crippen LogP contribution in [0.4, 0.5) is 15.2 Å². The summed E-state index contributed by atoms with van der Waals surface area (Å²) in [4.78, 5) is 18.3. The Labute approximate surface area is 211 Å². The van der Waals surface area contributed by atoms with Crippen LogP contribution in [0, 0.1) is 34.4 Å². The van der Waals surface area contributed by atoms with Crippen molar-refractivity contribution in [2.75, 3.05) is 5.32 Å². The molecule has 0 amide bonds. The number of nitrogens with one attached hydrogen (secondary N) is 1. The quantitative estimate of drug-likeness (QED) is 0.446. The number of hydrogen-bond acceptors (Lipinski definition) is 5. The summed E-state index contributed by atoms with van der Waals surface area (Å²) >= 11 is 1.72.